The highest BCUT2D eigenvalue weighted by atomic mass is 79.9. The zero-order valence-corrected chi connectivity index (χ0v) is 11.9. The van der Waals surface area contributed by atoms with Gasteiger partial charge in [0.2, 0.25) is 5.91 Å². The fourth-order valence-electron chi connectivity index (χ4n) is 1.15. The van der Waals surface area contributed by atoms with Gasteiger partial charge in [0.1, 0.15) is 11.6 Å². The summed E-state index contributed by atoms with van der Waals surface area (Å²) in [7, 11) is 1.14. The number of carbonyl (C=O) groups excluding carboxylic acids is 2. The van der Waals surface area contributed by atoms with Crippen molar-refractivity contribution in [2.75, 3.05) is 12.4 Å². The number of halogens is 2. The van der Waals surface area contributed by atoms with Gasteiger partial charge in [-0.25, -0.2) is 9.78 Å². The molecule has 0 radical (unpaired) electrons. The number of methoxy groups -OCH3 is 1. The Kier molecular flexibility index (Phi) is 5.25. The first-order valence-corrected chi connectivity index (χ1v) is 5.98. The topological polar surface area (TPSA) is 106 Å². The van der Waals surface area contributed by atoms with Crippen molar-refractivity contribution >= 4 is 51.1 Å². The van der Waals surface area contributed by atoms with Crippen molar-refractivity contribution < 1.29 is 24.2 Å². The monoisotopic (exact) mass is 350 g/mol. The van der Waals surface area contributed by atoms with Crippen LogP contribution >= 0.6 is 27.5 Å². The van der Waals surface area contributed by atoms with E-state index in [-0.39, 0.29) is 16.5 Å². The van der Waals surface area contributed by atoms with E-state index in [1.807, 2.05) is 0 Å². The van der Waals surface area contributed by atoms with Crippen LogP contribution in [0.5, 0.6) is 0 Å². The highest BCUT2D eigenvalue weighted by molar-refractivity contribution is 9.10. The van der Waals surface area contributed by atoms with Gasteiger partial charge < -0.3 is 15.2 Å². The zero-order valence-electron chi connectivity index (χ0n) is 9.57. The molecule has 0 bridgehead atoms. The van der Waals surface area contributed by atoms with Crippen LogP contribution in [-0.2, 0) is 14.3 Å². The number of nitrogens with zero attached hydrogens (tertiary/aromatic N) is 1. The Bertz CT molecular complexity index is 549. The molecule has 0 atom stereocenters. The second kappa shape index (κ2) is 6.48. The van der Waals surface area contributed by atoms with Crippen molar-refractivity contribution in [1.82, 2.24) is 4.98 Å². The minimum atomic E-state index is -1.29. The van der Waals surface area contributed by atoms with Crippen molar-refractivity contribution in [3.8, 4) is 0 Å². The third kappa shape index (κ3) is 4.18. The highest BCUT2D eigenvalue weighted by Gasteiger charge is 2.19. The number of carboxylic acids is 1. The maximum atomic E-state index is 11.5. The first-order chi connectivity index (χ1) is 8.85. The second-order valence-corrected chi connectivity index (χ2v) is 4.48. The molecule has 1 aromatic rings. The van der Waals surface area contributed by atoms with E-state index in [4.69, 9.17) is 16.7 Å². The molecule has 0 saturated heterocycles. The van der Waals surface area contributed by atoms with Gasteiger partial charge in [-0.2, -0.15) is 0 Å². The Hall–Kier alpha value is -1.67. The minimum Gasteiger partial charge on any atom is -0.481 e. The number of amides is 1. The molecular formula is C10H8BrClN2O5. The molecule has 0 aliphatic heterocycles. The fourth-order valence-corrected chi connectivity index (χ4v) is 1.60. The molecule has 0 saturated carbocycles. The van der Waals surface area contributed by atoms with Crippen molar-refractivity contribution in [3.05, 3.63) is 21.4 Å². The number of esters is 1. The Morgan fingerprint density at radius 1 is 1.53 bits per heavy atom. The first kappa shape index (κ1) is 15.4. The summed E-state index contributed by atoms with van der Waals surface area (Å²) in [5, 5.41) is 10.8. The summed E-state index contributed by atoms with van der Waals surface area (Å²) in [5.74, 6) is -2.90. The van der Waals surface area contributed by atoms with Gasteiger partial charge in [0.15, 0.2) is 5.69 Å². The molecular weight excluding hydrogens is 343 g/mol. The summed E-state index contributed by atoms with van der Waals surface area (Å²) >= 11 is 8.81. The summed E-state index contributed by atoms with van der Waals surface area (Å²) in [6, 6.07) is 1.33. The Labute approximate surface area is 121 Å². The number of aromatic nitrogens is 1. The van der Waals surface area contributed by atoms with E-state index < -0.39 is 24.3 Å². The molecule has 0 unspecified atom stereocenters. The number of rotatable bonds is 4. The van der Waals surface area contributed by atoms with Crippen LogP contribution in [0.25, 0.3) is 0 Å². The molecule has 9 heteroatoms. The lowest BCUT2D eigenvalue weighted by Crippen LogP contribution is -2.19. The normalized spacial score (nSPS) is 9.84. The van der Waals surface area contributed by atoms with Crippen molar-refractivity contribution in [1.29, 1.82) is 0 Å². The molecule has 1 amide bonds. The van der Waals surface area contributed by atoms with Gasteiger partial charge in [-0.3, -0.25) is 9.59 Å². The van der Waals surface area contributed by atoms with E-state index in [0.29, 0.717) is 4.47 Å². The van der Waals surface area contributed by atoms with Gasteiger partial charge in [0.25, 0.3) is 0 Å². The predicted molar refractivity (Wildman–Crippen MR) is 69.2 cm³/mol. The number of hydrogen-bond acceptors (Lipinski definition) is 5. The Balaban J connectivity index is 3.10. The number of carbonyl (C=O) groups is 3. The molecule has 1 rings (SSSR count). The van der Waals surface area contributed by atoms with E-state index in [1.165, 1.54) is 6.07 Å². The third-order valence-electron chi connectivity index (χ3n) is 1.90. The van der Waals surface area contributed by atoms with E-state index in [0.717, 1.165) is 7.11 Å². The van der Waals surface area contributed by atoms with E-state index in [2.05, 4.69) is 31.0 Å². The molecule has 7 nitrogen and oxygen atoms in total. The summed E-state index contributed by atoms with van der Waals surface area (Å²) in [4.78, 5) is 37.0. The minimum absolute atomic E-state index is 0.00868. The standard InChI is InChI=1S/C10H8BrClN2O5/c1-19-10(18)8-5(2-4(11)9(12)14-8)13-6(15)3-7(16)17/h2H,3H2,1H3,(H,13,15)(H,16,17). The lowest BCUT2D eigenvalue weighted by Gasteiger charge is -2.09. The quantitative estimate of drug-likeness (QED) is 0.486. The summed E-state index contributed by atoms with van der Waals surface area (Å²) < 4.78 is 4.83. The van der Waals surface area contributed by atoms with Crippen LogP contribution in [0.4, 0.5) is 5.69 Å². The lowest BCUT2D eigenvalue weighted by molar-refractivity contribution is -0.139. The van der Waals surface area contributed by atoms with Gasteiger partial charge in [0, 0.05) is 0 Å². The number of nitrogens with one attached hydrogen (secondary N) is 1. The smallest absolute Gasteiger partial charge is 0.358 e. The number of hydrogen-bond donors (Lipinski definition) is 2. The number of carboxylic acid groups (broad SMARTS) is 1. The van der Waals surface area contributed by atoms with Gasteiger partial charge in [-0.15, -0.1) is 0 Å². The first-order valence-electron chi connectivity index (χ1n) is 4.81. The molecule has 0 aromatic carbocycles. The average Bonchev–Trinajstić information content (AvgIpc) is 2.31. The van der Waals surface area contributed by atoms with E-state index >= 15 is 0 Å². The van der Waals surface area contributed by atoms with Crippen molar-refractivity contribution in [2.24, 2.45) is 0 Å². The number of aliphatic carboxylic acids is 1. The predicted octanol–water partition coefficient (Wildman–Crippen LogP) is 1.70. The van der Waals surface area contributed by atoms with E-state index in [9.17, 15) is 14.4 Å². The van der Waals surface area contributed by atoms with Crippen LogP contribution in [0.15, 0.2) is 10.5 Å². The van der Waals surface area contributed by atoms with Gasteiger partial charge in [0.05, 0.1) is 17.3 Å². The Morgan fingerprint density at radius 3 is 2.68 bits per heavy atom. The molecule has 2 N–H and O–H groups in total. The Morgan fingerprint density at radius 2 is 2.16 bits per heavy atom. The number of anilines is 1. The third-order valence-corrected chi connectivity index (χ3v) is 3.02. The van der Waals surface area contributed by atoms with Crippen molar-refractivity contribution in [3.63, 3.8) is 0 Å². The molecule has 0 aliphatic carbocycles. The largest absolute Gasteiger partial charge is 0.481 e. The molecule has 19 heavy (non-hydrogen) atoms. The van der Waals surface area contributed by atoms with Gasteiger partial charge in [-0.05, 0) is 22.0 Å². The maximum absolute atomic E-state index is 11.5. The van der Waals surface area contributed by atoms with Gasteiger partial charge >= 0.3 is 11.9 Å². The molecule has 1 aromatic heterocycles. The molecule has 1 heterocycles. The van der Waals surface area contributed by atoms with Crippen LogP contribution < -0.4 is 5.32 Å². The highest BCUT2D eigenvalue weighted by Crippen LogP contribution is 2.27. The SMILES string of the molecule is COC(=O)c1nc(Cl)c(Br)cc1NC(=O)CC(=O)O. The van der Waals surface area contributed by atoms with Crippen LogP contribution in [-0.4, -0.2) is 35.0 Å². The summed E-state index contributed by atoms with van der Waals surface area (Å²) in [5.41, 5.74) is -0.205. The molecule has 0 aliphatic rings. The van der Waals surface area contributed by atoms with E-state index in [1.54, 1.807) is 0 Å². The summed E-state index contributed by atoms with van der Waals surface area (Å²) in [6.07, 6.45) is -0.735. The number of ether oxygens (including phenoxy) is 1. The average molecular weight is 352 g/mol. The number of pyridine rings is 1. The lowest BCUT2D eigenvalue weighted by atomic mass is 10.2. The molecule has 0 spiro atoms. The molecule has 102 valence electrons. The maximum Gasteiger partial charge on any atom is 0.358 e. The van der Waals surface area contributed by atoms with Gasteiger partial charge in [-0.1, -0.05) is 11.6 Å². The van der Waals surface area contributed by atoms with Crippen LogP contribution in [0.3, 0.4) is 0 Å². The zero-order chi connectivity index (χ0) is 14.6. The van der Waals surface area contributed by atoms with Crippen LogP contribution in [0, 0.1) is 0 Å². The summed E-state index contributed by atoms with van der Waals surface area (Å²) in [6.45, 7) is 0. The van der Waals surface area contributed by atoms with Crippen LogP contribution in [0.2, 0.25) is 5.15 Å². The molecule has 0 fully saturated rings. The van der Waals surface area contributed by atoms with Crippen LogP contribution in [0.1, 0.15) is 16.9 Å². The fraction of sp³-hybridized carbons (Fsp3) is 0.200. The second-order valence-electron chi connectivity index (χ2n) is 3.27. The van der Waals surface area contributed by atoms with Crippen molar-refractivity contribution in [2.45, 2.75) is 6.42 Å².